The van der Waals surface area contributed by atoms with E-state index < -0.39 is 5.91 Å². The molecule has 27 heavy (non-hydrogen) atoms. The maximum atomic E-state index is 12.5. The van der Waals surface area contributed by atoms with Crippen molar-refractivity contribution in [3.05, 3.63) is 81.7 Å². The van der Waals surface area contributed by atoms with E-state index >= 15 is 0 Å². The Bertz CT molecular complexity index is 990. The summed E-state index contributed by atoms with van der Waals surface area (Å²) in [5, 5.41) is 3.34. The van der Waals surface area contributed by atoms with E-state index in [4.69, 9.17) is 4.42 Å². The maximum Gasteiger partial charge on any atom is 0.287 e. The number of nitrogens with one attached hydrogen (secondary N) is 1. The first kappa shape index (κ1) is 18.9. The van der Waals surface area contributed by atoms with E-state index in [0.717, 1.165) is 25.2 Å². The van der Waals surface area contributed by atoms with Crippen LogP contribution in [0.4, 0.5) is 0 Å². The highest BCUT2D eigenvalue weighted by Gasteiger charge is 2.13. The van der Waals surface area contributed by atoms with Crippen LogP contribution in [-0.4, -0.2) is 23.9 Å². The summed E-state index contributed by atoms with van der Waals surface area (Å²) < 4.78 is 5.60. The van der Waals surface area contributed by atoms with Gasteiger partial charge in [-0.2, -0.15) is 0 Å². The fourth-order valence-electron chi connectivity index (χ4n) is 3.05. The minimum absolute atomic E-state index is 0.0277. The number of carbonyl (C=O) groups is 1. The Morgan fingerprint density at radius 2 is 1.67 bits per heavy atom. The van der Waals surface area contributed by atoms with Gasteiger partial charge in [-0.25, -0.2) is 0 Å². The van der Waals surface area contributed by atoms with E-state index in [1.807, 2.05) is 18.2 Å². The number of fused-ring (bicyclic) bond motifs is 1. The van der Waals surface area contributed by atoms with Gasteiger partial charge in [-0.15, -0.1) is 0 Å². The number of amides is 1. The summed E-state index contributed by atoms with van der Waals surface area (Å²) in [7, 11) is 0. The zero-order valence-corrected chi connectivity index (χ0v) is 15.7. The van der Waals surface area contributed by atoms with Crippen molar-refractivity contribution >= 4 is 16.9 Å². The van der Waals surface area contributed by atoms with E-state index in [0.29, 0.717) is 17.5 Å². The second-order valence-electron chi connectivity index (χ2n) is 6.38. The number of benzene rings is 2. The lowest BCUT2D eigenvalue weighted by Gasteiger charge is -2.20. The van der Waals surface area contributed by atoms with Crippen molar-refractivity contribution in [1.29, 1.82) is 0 Å². The Morgan fingerprint density at radius 3 is 2.41 bits per heavy atom. The third-order valence-electron chi connectivity index (χ3n) is 4.70. The number of hydrogen-bond donors (Lipinski definition) is 1. The molecule has 3 aromatic rings. The number of para-hydroxylation sites is 1. The summed E-state index contributed by atoms with van der Waals surface area (Å²) in [6, 6.07) is 16.2. The Kier molecular flexibility index (Phi) is 6.04. The standard InChI is InChI=1S/C22H24N2O3/c1-3-24(4-2)15-17-10-6-5-9-16(17)14-23-22(26)21-13-19(25)18-11-7-8-12-20(18)27-21/h5-13H,3-4,14-15H2,1-2H3,(H,23,26). The molecule has 0 fully saturated rings. The molecule has 1 amide bonds. The van der Waals surface area contributed by atoms with Crippen LogP contribution in [0, 0.1) is 0 Å². The molecule has 0 aliphatic heterocycles. The second kappa shape index (κ2) is 8.64. The summed E-state index contributed by atoms with van der Waals surface area (Å²) in [6.45, 7) is 7.43. The highest BCUT2D eigenvalue weighted by Crippen LogP contribution is 2.14. The van der Waals surface area contributed by atoms with Crippen molar-refractivity contribution in [3.8, 4) is 0 Å². The SMILES string of the molecule is CCN(CC)Cc1ccccc1CNC(=O)c1cc(=O)c2ccccc2o1. The lowest BCUT2D eigenvalue weighted by Crippen LogP contribution is -2.26. The first-order valence-corrected chi connectivity index (χ1v) is 9.22. The van der Waals surface area contributed by atoms with Gasteiger partial charge < -0.3 is 9.73 Å². The van der Waals surface area contributed by atoms with E-state index in [2.05, 4.69) is 30.1 Å². The predicted molar refractivity (Wildman–Crippen MR) is 107 cm³/mol. The van der Waals surface area contributed by atoms with Gasteiger partial charge in [0.2, 0.25) is 0 Å². The molecule has 1 aromatic heterocycles. The lowest BCUT2D eigenvalue weighted by atomic mass is 10.1. The average molecular weight is 364 g/mol. The van der Waals surface area contributed by atoms with Crippen molar-refractivity contribution in [3.63, 3.8) is 0 Å². The van der Waals surface area contributed by atoms with Crippen LogP contribution < -0.4 is 10.7 Å². The fraction of sp³-hybridized carbons (Fsp3) is 0.273. The molecule has 0 saturated heterocycles. The maximum absolute atomic E-state index is 12.5. The zero-order valence-electron chi connectivity index (χ0n) is 15.7. The summed E-state index contributed by atoms with van der Waals surface area (Å²) >= 11 is 0. The van der Waals surface area contributed by atoms with Crippen LogP contribution >= 0.6 is 0 Å². The van der Waals surface area contributed by atoms with Crippen molar-refractivity contribution in [2.24, 2.45) is 0 Å². The molecule has 0 unspecified atom stereocenters. The Hall–Kier alpha value is -2.92. The minimum Gasteiger partial charge on any atom is -0.451 e. The van der Waals surface area contributed by atoms with E-state index in [1.54, 1.807) is 24.3 Å². The lowest BCUT2D eigenvalue weighted by molar-refractivity contribution is 0.0923. The number of nitrogens with zero attached hydrogens (tertiary/aromatic N) is 1. The normalized spacial score (nSPS) is 11.1. The topological polar surface area (TPSA) is 62.6 Å². The molecule has 5 nitrogen and oxygen atoms in total. The van der Waals surface area contributed by atoms with Crippen LogP contribution in [0.2, 0.25) is 0 Å². The van der Waals surface area contributed by atoms with Gasteiger partial charge in [0, 0.05) is 19.2 Å². The van der Waals surface area contributed by atoms with Gasteiger partial charge >= 0.3 is 0 Å². The Morgan fingerprint density at radius 1 is 1.00 bits per heavy atom. The first-order valence-electron chi connectivity index (χ1n) is 9.22. The molecule has 0 spiro atoms. The van der Waals surface area contributed by atoms with Crippen LogP contribution in [-0.2, 0) is 13.1 Å². The molecular weight excluding hydrogens is 340 g/mol. The largest absolute Gasteiger partial charge is 0.451 e. The molecule has 0 aliphatic rings. The van der Waals surface area contributed by atoms with E-state index in [9.17, 15) is 9.59 Å². The summed E-state index contributed by atoms with van der Waals surface area (Å²) in [5.41, 5.74) is 2.43. The Labute approximate surface area is 158 Å². The fourth-order valence-corrected chi connectivity index (χ4v) is 3.05. The smallest absolute Gasteiger partial charge is 0.287 e. The van der Waals surface area contributed by atoms with Gasteiger partial charge in [0.05, 0.1) is 5.39 Å². The molecule has 0 bridgehead atoms. The van der Waals surface area contributed by atoms with Crippen LogP contribution in [0.3, 0.4) is 0 Å². The third kappa shape index (κ3) is 4.44. The molecule has 0 aliphatic carbocycles. The van der Waals surface area contributed by atoms with Crippen molar-refractivity contribution in [2.75, 3.05) is 13.1 Å². The van der Waals surface area contributed by atoms with Crippen LogP contribution in [0.25, 0.3) is 11.0 Å². The molecule has 5 heteroatoms. The van der Waals surface area contributed by atoms with E-state index in [1.165, 1.54) is 11.6 Å². The minimum atomic E-state index is -0.393. The molecule has 0 saturated carbocycles. The van der Waals surface area contributed by atoms with Crippen LogP contribution in [0.15, 0.2) is 63.8 Å². The van der Waals surface area contributed by atoms with Gasteiger partial charge in [-0.3, -0.25) is 14.5 Å². The molecule has 2 aromatic carbocycles. The van der Waals surface area contributed by atoms with E-state index in [-0.39, 0.29) is 11.2 Å². The van der Waals surface area contributed by atoms with Gasteiger partial charge in [0.25, 0.3) is 5.91 Å². The summed E-state index contributed by atoms with van der Waals surface area (Å²) in [5.74, 6) is -0.365. The highest BCUT2D eigenvalue weighted by molar-refractivity contribution is 5.93. The van der Waals surface area contributed by atoms with Crippen LogP contribution in [0.5, 0.6) is 0 Å². The molecule has 0 radical (unpaired) electrons. The molecular formula is C22H24N2O3. The van der Waals surface area contributed by atoms with Gasteiger partial charge in [-0.05, 0) is 36.3 Å². The highest BCUT2D eigenvalue weighted by atomic mass is 16.3. The van der Waals surface area contributed by atoms with Gasteiger partial charge in [-0.1, -0.05) is 50.2 Å². The quantitative estimate of drug-likeness (QED) is 0.696. The molecule has 1 N–H and O–H groups in total. The molecule has 1 heterocycles. The Balaban J connectivity index is 1.76. The monoisotopic (exact) mass is 364 g/mol. The average Bonchev–Trinajstić information content (AvgIpc) is 2.70. The van der Waals surface area contributed by atoms with Gasteiger partial charge in [0.15, 0.2) is 11.2 Å². The predicted octanol–water partition coefficient (Wildman–Crippen LogP) is 3.56. The summed E-state index contributed by atoms with van der Waals surface area (Å²) in [4.78, 5) is 27.0. The number of rotatable bonds is 7. The number of hydrogen-bond acceptors (Lipinski definition) is 4. The molecule has 3 rings (SSSR count). The first-order chi connectivity index (χ1) is 13.1. The second-order valence-corrected chi connectivity index (χ2v) is 6.38. The third-order valence-corrected chi connectivity index (χ3v) is 4.70. The van der Waals surface area contributed by atoms with Crippen LogP contribution in [0.1, 0.15) is 35.5 Å². The van der Waals surface area contributed by atoms with Crippen molar-refractivity contribution in [2.45, 2.75) is 26.9 Å². The molecule has 140 valence electrons. The zero-order chi connectivity index (χ0) is 19.2. The molecule has 0 atom stereocenters. The van der Waals surface area contributed by atoms with Crippen molar-refractivity contribution in [1.82, 2.24) is 10.2 Å². The van der Waals surface area contributed by atoms with Gasteiger partial charge in [0.1, 0.15) is 5.58 Å². The number of carbonyl (C=O) groups excluding carboxylic acids is 1. The summed E-state index contributed by atoms with van der Waals surface area (Å²) in [6.07, 6.45) is 0. The van der Waals surface area contributed by atoms with Crippen molar-refractivity contribution < 1.29 is 9.21 Å².